The lowest BCUT2D eigenvalue weighted by atomic mass is 9.43. The first-order valence-electron chi connectivity index (χ1n) is 6.33. The molecule has 92 valence electrons. The topological polar surface area (TPSA) is 60.7 Å². The summed E-state index contributed by atoms with van der Waals surface area (Å²) >= 11 is 0. The Morgan fingerprint density at radius 3 is 1.81 bits per heavy atom. The molecule has 0 aliphatic heterocycles. The molecule has 4 fully saturated rings. The molecule has 0 radical (unpaired) electrons. The van der Waals surface area contributed by atoms with Gasteiger partial charge in [0.15, 0.2) is 0 Å². The standard InChI is InChI=1S/C13H22O3/c1-10(2,14)11-3-9-4-12(15,6-11)8-13(16,5-9)7-11/h9,14-16H,3-8H2,1-2H3. The van der Waals surface area contributed by atoms with E-state index in [1.165, 1.54) is 0 Å². The van der Waals surface area contributed by atoms with E-state index < -0.39 is 16.8 Å². The van der Waals surface area contributed by atoms with Crippen LogP contribution in [0.4, 0.5) is 0 Å². The predicted octanol–water partition coefficient (Wildman–Crippen LogP) is 1.20. The SMILES string of the molecule is CC(C)(O)C12CC3CC(O)(CC(O)(C3)C1)C2. The molecular formula is C13H22O3. The van der Waals surface area contributed by atoms with Gasteiger partial charge in [-0.3, -0.25) is 0 Å². The number of hydrogen-bond donors (Lipinski definition) is 3. The molecule has 4 rings (SSSR count). The van der Waals surface area contributed by atoms with Gasteiger partial charge in [-0.25, -0.2) is 0 Å². The van der Waals surface area contributed by atoms with Crippen LogP contribution in [0.1, 0.15) is 52.4 Å². The Kier molecular flexibility index (Phi) is 1.82. The molecule has 4 bridgehead atoms. The zero-order chi connectivity index (χ0) is 11.8. The van der Waals surface area contributed by atoms with Gasteiger partial charge >= 0.3 is 0 Å². The van der Waals surface area contributed by atoms with Gasteiger partial charge in [-0.15, -0.1) is 0 Å². The van der Waals surface area contributed by atoms with Crippen molar-refractivity contribution in [3.05, 3.63) is 0 Å². The third-order valence-electron chi connectivity index (χ3n) is 5.31. The zero-order valence-electron chi connectivity index (χ0n) is 10.2. The molecule has 2 atom stereocenters. The van der Waals surface area contributed by atoms with Crippen molar-refractivity contribution in [3.8, 4) is 0 Å². The Labute approximate surface area is 96.5 Å². The first-order chi connectivity index (χ1) is 7.16. The Bertz CT molecular complexity index is 313. The van der Waals surface area contributed by atoms with Gasteiger partial charge in [-0.2, -0.15) is 0 Å². The number of aliphatic hydroxyl groups is 3. The molecule has 0 amide bonds. The maximum atomic E-state index is 10.5. The zero-order valence-corrected chi connectivity index (χ0v) is 10.2. The highest BCUT2D eigenvalue weighted by molar-refractivity contribution is 5.17. The first-order valence-corrected chi connectivity index (χ1v) is 6.33. The summed E-state index contributed by atoms with van der Waals surface area (Å²) in [4.78, 5) is 0. The Morgan fingerprint density at radius 1 is 0.938 bits per heavy atom. The molecule has 4 aliphatic rings. The van der Waals surface area contributed by atoms with Crippen molar-refractivity contribution >= 4 is 0 Å². The lowest BCUT2D eigenvalue weighted by Gasteiger charge is -2.66. The molecule has 0 aromatic heterocycles. The molecule has 3 nitrogen and oxygen atoms in total. The highest BCUT2D eigenvalue weighted by atomic mass is 16.3. The van der Waals surface area contributed by atoms with E-state index in [0.29, 0.717) is 25.2 Å². The van der Waals surface area contributed by atoms with Gasteiger partial charge in [0.1, 0.15) is 0 Å². The summed E-state index contributed by atoms with van der Waals surface area (Å²) < 4.78 is 0. The van der Waals surface area contributed by atoms with Crippen LogP contribution in [-0.4, -0.2) is 32.1 Å². The van der Waals surface area contributed by atoms with Crippen LogP contribution in [0.5, 0.6) is 0 Å². The lowest BCUT2D eigenvalue weighted by molar-refractivity contribution is -0.268. The van der Waals surface area contributed by atoms with Gasteiger partial charge in [-0.1, -0.05) is 0 Å². The van der Waals surface area contributed by atoms with Crippen molar-refractivity contribution < 1.29 is 15.3 Å². The average molecular weight is 226 g/mol. The van der Waals surface area contributed by atoms with Crippen LogP contribution < -0.4 is 0 Å². The van der Waals surface area contributed by atoms with Crippen LogP contribution in [0.2, 0.25) is 0 Å². The average Bonchev–Trinajstić information content (AvgIpc) is 1.92. The summed E-state index contributed by atoms with van der Waals surface area (Å²) in [6, 6.07) is 0. The van der Waals surface area contributed by atoms with Gasteiger partial charge in [0, 0.05) is 11.8 Å². The highest BCUT2D eigenvalue weighted by Gasteiger charge is 2.66. The quantitative estimate of drug-likeness (QED) is 0.629. The van der Waals surface area contributed by atoms with Crippen molar-refractivity contribution in [3.63, 3.8) is 0 Å². The smallest absolute Gasteiger partial charge is 0.0684 e. The van der Waals surface area contributed by atoms with Crippen molar-refractivity contribution in [1.82, 2.24) is 0 Å². The molecule has 3 heteroatoms. The third kappa shape index (κ3) is 1.31. The third-order valence-corrected chi connectivity index (χ3v) is 5.31. The van der Waals surface area contributed by atoms with E-state index in [-0.39, 0.29) is 5.41 Å². The monoisotopic (exact) mass is 226 g/mol. The van der Waals surface area contributed by atoms with Crippen molar-refractivity contribution in [1.29, 1.82) is 0 Å². The maximum Gasteiger partial charge on any atom is 0.0684 e. The maximum absolute atomic E-state index is 10.5. The minimum atomic E-state index is -0.811. The summed E-state index contributed by atoms with van der Waals surface area (Å²) in [6.45, 7) is 3.65. The highest BCUT2D eigenvalue weighted by Crippen LogP contribution is 2.66. The fourth-order valence-electron chi connectivity index (χ4n) is 5.02. The van der Waals surface area contributed by atoms with E-state index in [1.807, 2.05) is 13.8 Å². The fourth-order valence-corrected chi connectivity index (χ4v) is 5.02. The molecule has 0 heterocycles. The molecule has 0 saturated heterocycles. The summed E-state index contributed by atoms with van der Waals surface area (Å²) in [7, 11) is 0. The van der Waals surface area contributed by atoms with Crippen LogP contribution in [0.3, 0.4) is 0 Å². The summed E-state index contributed by atoms with van der Waals surface area (Å²) in [5.74, 6) is 0.387. The van der Waals surface area contributed by atoms with Crippen molar-refractivity contribution in [2.75, 3.05) is 0 Å². The number of rotatable bonds is 1. The van der Waals surface area contributed by atoms with Gasteiger partial charge in [0.2, 0.25) is 0 Å². The molecule has 0 aromatic carbocycles. The van der Waals surface area contributed by atoms with Crippen LogP contribution >= 0.6 is 0 Å². The van der Waals surface area contributed by atoms with Crippen molar-refractivity contribution in [2.45, 2.75) is 69.2 Å². The van der Waals surface area contributed by atoms with E-state index in [4.69, 9.17) is 0 Å². The minimum absolute atomic E-state index is 0.282. The molecular weight excluding hydrogens is 204 g/mol. The largest absolute Gasteiger partial charge is 0.390 e. The van der Waals surface area contributed by atoms with Crippen LogP contribution in [0, 0.1) is 11.3 Å². The van der Waals surface area contributed by atoms with E-state index >= 15 is 0 Å². The summed E-state index contributed by atoms with van der Waals surface area (Å²) in [5.41, 5.74) is -2.55. The number of hydrogen-bond acceptors (Lipinski definition) is 3. The van der Waals surface area contributed by atoms with E-state index in [1.54, 1.807) is 0 Å². The predicted molar refractivity (Wildman–Crippen MR) is 59.8 cm³/mol. The second-order valence-corrected chi connectivity index (χ2v) is 7.30. The Balaban J connectivity index is 2.05. The Morgan fingerprint density at radius 2 is 1.44 bits per heavy atom. The second kappa shape index (κ2) is 2.65. The van der Waals surface area contributed by atoms with E-state index in [0.717, 1.165) is 19.3 Å². The van der Waals surface area contributed by atoms with Gasteiger partial charge < -0.3 is 15.3 Å². The molecule has 0 aromatic rings. The molecule has 0 spiro atoms. The first kappa shape index (κ1) is 11.0. The minimum Gasteiger partial charge on any atom is -0.390 e. The van der Waals surface area contributed by atoms with Crippen LogP contribution in [0.25, 0.3) is 0 Å². The van der Waals surface area contributed by atoms with Gasteiger partial charge in [0.25, 0.3) is 0 Å². The van der Waals surface area contributed by atoms with Gasteiger partial charge in [-0.05, 0) is 51.9 Å². The second-order valence-electron chi connectivity index (χ2n) is 7.30. The Hall–Kier alpha value is -0.120. The normalized spacial score (nSPS) is 55.7. The summed E-state index contributed by atoms with van der Waals surface area (Å²) in [6.07, 6.45) is 4.40. The van der Waals surface area contributed by atoms with Crippen molar-refractivity contribution in [2.24, 2.45) is 11.3 Å². The molecule has 2 unspecified atom stereocenters. The van der Waals surface area contributed by atoms with Crippen LogP contribution in [-0.2, 0) is 0 Å². The van der Waals surface area contributed by atoms with Gasteiger partial charge in [0.05, 0.1) is 16.8 Å². The fraction of sp³-hybridized carbons (Fsp3) is 1.00. The van der Waals surface area contributed by atoms with Crippen LogP contribution in [0.15, 0.2) is 0 Å². The lowest BCUT2D eigenvalue weighted by Crippen LogP contribution is -2.67. The molecule has 16 heavy (non-hydrogen) atoms. The summed E-state index contributed by atoms with van der Waals surface area (Å²) in [5, 5.41) is 31.4. The van der Waals surface area contributed by atoms with E-state index in [9.17, 15) is 15.3 Å². The molecule has 4 aliphatic carbocycles. The molecule has 3 N–H and O–H groups in total. The molecule has 4 saturated carbocycles. The van der Waals surface area contributed by atoms with E-state index in [2.05, 4.69) is 0 Å².